The molecule has 1 aliphatic heterocycles. The minimum Gasteiger partial charge on any atom is -0.491 e. The first kappa shape index (κ1) is 14.8. The minimum atomic E-state index is -0.541. The van der Waals surface area contributed by atoms with E-state index in [0.29, 0.717) is 26.2 Å². The van der Waals surface area contributed by atoms with Crippen molar-refractivity contribution in [1.29, 1.82) is 0 Å². The van der Waals surface area contributed by atoms with Crippen LogP contribution in [0.25, 0.3) is 0 Å². The van der Waals surface area contributed by atoms with Crippen LogP contribution in [0, 0.1) is 0 Å². The number of hydrogen-bond acceptors (Lipinski definition) is 3. The molecule has 0 aromatic heterocycles. The molecule has 1 saturated heterocycles. The van der Waals surface area contributed by atoms with Crippen LogP contribution in [0.4, 0.5) is 4.39 Å². The highest BCUT2D eigenvalue weighted by atomic mass is 79.9. The van der Waals surface area contributed by atoms with Crippen molar-refractivity contribution < 1.29 is 18.6 Å². The van der Waals surface area contributed by atoms with Gasteiger partial charge < -0.3 is 14.2 Å². The van der Waals surface area contributed by atoms with Crippen LogP contribution in [0.2, 0.25) is 0 Å². The molecule has 19 heavy (non-hydrogen) atoms. The number of rotatable bonds is 5. The maximum atomic E-state index is 12.5. The quantitative estimate of drug-likeness (QED) is 0.827. The van der Waals surface area contributed by atoms with Crippen LogP contribution in [0.5, 0.6) is 5.75 Å². The molecule has 0 aliphatic carbocycles. The fourth-order valence-electron chi connectivity index (χ4n) is 2.01. The Balaban J connectivity index is 1.84. The van der Waals surface area contributed by atoms with Gasteiger partial charge in [-0.15, -0.1) is 0 Å². The van der Waals surface area contributed by atoms with Gasteiger partial charge in [0.05, 0.1) is 25.5 Å². The second-order valence-electron chi connectivity index (χ2n) is 4.91. The summed E-state index contributed by atoms with van der Waals surface area (Å²) in [5, 5.41) is 0. The van der Waals surface area contributed by atoms with Gasteiger partial charge in [-0.3, -0.25) is 4.39 Å². The molecule has 1 heterocycles. The van der Waals surface area contributed by atoms with Crippen LogP contribution in [-0.4, -0.2) is 38.2 Å². The normalized spacial score (nSPS) is 27.2. The summed E-state index contributed by atoms with van der Waals surface area (Å²) < 4.78 is 30.5. The molecular weight excluding hydrogens is 315 g/mol. The van der Waals surface area contributed by atoms with Crippen LogP contribution in [-0.2, 0) is 9.47 Å². The van der Waals surface area contributed by atoms with E-state index >= 15 is 0 Å². The van der Waals surface area contributed by atoms with E-state index in [4.69, 9.17) is 14.2 Å². The molecule has 0 bridgehead atoms. The topological polar surface area (TPSA) is 27.7 Å². The van der Waals surface area contributed by atoms with Gasteiger partial charge in [0.15, 0.2) is 0 Å². The van der Waals surface area contributed by atoms with Gasteiger partial charge in [0.25, 0.3) is 0 Å². The van der Waals surface area contributed by atoms with Crippen molar-refractivity contribution in [2.45, 2.75) is 25.0 Å². The Bertz CT molecular complexity index is 394. The third-order valence-electron chi connectivity index (χ3n) is 3.04. The standard InChI is InChI=1S/C14H18BrFO3/c1-14(6-7-16)10-17-8-13(19-14)9-18-12-4-2-11(15)3-5-12/h2-5,13H,6-10H2,1H3. The molecule has 5 heteroatoms. The highest BCUT2D eigenvalue weighted by molar-refractivity contribution is 9.10. The zero-order valence-electron chi connectivity index (χ0n) is 10.9. The zero-order chi connectivity index (χ0) is 13.7. The van der Waals surface area contributed by atoms with Crippen molar-refractivity contribution in [3.05, 3.63) is 28.7 Å². The molecule has 0 saturated carbocycles. The summed E-state index contributed by atoms with van der Waals surface area (Å²) in [7, 11) is 0. The minimum absolute atomic E-state index is 0.158. The Morgan fingerprint density at radius 3 is 2.84 bits per heavy atom. The first-order valence-corrected chi connectivity index (χ1v) is 7.10. The van der Waals surface area contributed by atoms with Gasteiger partial charge in [0.1, 0.15) is 18.5 Å². The summed E-state index contributed by atoms with van der Waals surface area (Å²) in [5.41, 5.74) is -0.541. The van der Waals surface area contributed by atoms with Gasteiger partial charge >= 0.3 is 0 Å². The number of halogens is 2. The molecule has 2 unspecified atom stereocenters. The molecule has 3 nitrogen and oxygen atoms in total. The fourth-order valence-corrected chi connectivity index (χ4v) is 2.27. The second-order valence-corrected chi connectivity index (χ2v) is 5.82. The first-order chi connectivity index (χ1) is 9.11. The third-order valence-corrected chi connectivity index (χ3v) is 3.56. The summed E-state index contributed by atoms with van der Waals surface area (Å²) in [4.78, 5) is 0. The highest BCUT2D eigenvalue weighted by Gasteiger charge is 2.33. The molecule has 1 aliphatic rings. The number of benzene rings is 1. The lowest BCUT2D eigenvalue weighted by Gasteiger charge is -2.37. The van der Waals surface area contributed by atoms with Crippen LogP contribution < -0.4 is 4.74 Å². The molecule has 0 amide bonds. The lowest BCUT2D eigenvalue weighted by Crippen LogP contribution is -2.47. The van der Waals surface area contributed by atoms with Crippen LogP contribution in [0.1, 0.15) is 13.3 Å². The number of ether oxygens (including phenoxy) is 3. The Hall–Kier alpha value is -0.650. The van der Waals surface area contributed by atoms with Gasteiger partial charge in [-0.2, -0.15) is 0 Å². The largest absolute Gasteiger partial charge is 0.491 e. The van der Waals surface area contributed by atoms with Crippen molar-refractivity contribution in [3.63, 3.8) is 0 Å². The Kier molecular flexibility index (Phi) is 5.19. The summed E-state index contributed by atoms with van der Waals surface area (Å²) in [5.74, 6) is 0.782. The van der Waals surface area contributed by atoms with E-state index in [1.165, 1.54) is 0 Å². The van der Waals surface area contributed by atoms with Crippen LogP contribution in [0.15, 0.2) is 28.7 Å². The van der Waals surface area contributed by atoms with E-state index in [0.717, 1.165) is 10.2 Å². The van der Waals surface area contributed by atoms with E-state index < -0.39 is 12.3 Å². The first-order valence-electron chi connectivity index (χ1n) is 6.31. The molecule has 0 N–H and O–H groups in total. The van der Waals surface area contributed by atoms with E-state index in [1.807, 2.05) is 31.2 Å². The van der Waals surface area contributed by atoms with Crippen LogP contribution >= 0.6 is 15.9 Å². The molecule has 0 radical (unpaired) electrons. The van der Waals surface area contributed by atoms with Crippen molar-refractivity contribution >= 4 is 15.9 Å². The monoisotopic (exact) mass is 332 g/mol. The molecule has 1 aromatic carbocycles. The van der Waals surface area contributed by atoms with Gasteiger partial charge in [-0.25, -0.2) is 0 Å². The smallest absolute Gasteiger partial charge is 0.119 e. The second kappa shape index (κ2) is 6.68. The molecular formula is C14H18BrFO3. The highest BCUT2D eigenvalue weighted by Crippen LogP contribution is 2.24. The molecule has 106 valence electrons. The molecule has 2 atom stereocenters. The maximum Gasteiger partial charge on any atom is 0.119 e. The zero-order valence-corrected chi connectivity index (χ0v) is 12.5. The van der Waals surface area contributed by atoms with Crippen molar-refractivity contribution in [1.82, 2.24) is 0 Å². The van der Waals surface area contributed by atoms with Crippen molar-refractivity contribution in [2.75, 3.05) is 26.5 Å². The molecule has 1 fully saturated rings. The molecule has 0 spiro atoms. The molecule has 1 aromatic rings. The van der Waals surface area contributed by atoms with E-state index in [2.05, 4.69) is 15.9 Å². The summed E-state index contributed by atoms with van der Waals surface area (Å²) in [6.07, 6.45) is 0.191. The number of hydrogen-bond donors (Lipinski definition) is 0. The van der Waals surface area contributed by atoms with Gasteiger partial charge in [0.2, 0.25) is 0 Å². The summed E-state index contributed by atoms with van der Waals surface area (Å²) in [6.45, 7) is 2.80. The van der Waals surface area contributed by atoms with E-state index in [1.54, 1.807) is 0 Å². The van der Waals surface area contributed by atoms with Crippen molar-refractivity contribution in [3.8, 4) is 5.75 Å². The molecule has 2 rings (SSSR count). The Labute approximate surface area is 121 Å². The summed E-state index contributed by atoms with van der Waals surface area (Å²) in [6, 6.07) is 7.60. The van der Waals surface area contributed by atoms with E-state index in [9.17, 15) is 4.39 Å². The summed E-state index contributed by atoms with van der Waals surface area (Å²) >= 11 is 3.37. The lowest BCUT2D eigenvalue weighted by atomic mass is 10.0. The maximum absolute atomic E-state index is 12.5. The Morgan fingerprint density at radius 1 is 1.42 bits per heavy atom. The SMILES string of the molecule is CC1(CCF)COCC(COc2ccc(Br)cc2)O1. The fraction of sp³-hybridized carbons (Fsp3) is 0.571. The predicted octanol–water partition coefficient (Wildman–Crippen LogP) is 3.36. The predicted molar refractivity (Wildman–Crippen MR) is 74.3 cm³/mol. The average molecular weight is 333 g/mol. The Morgan fingerprint density at radius 2 is 2.16 bits per heavy atom. The van der Waals surface area contributed by atoms with E-state index in [-0.39, 0.29) is 6.10 Å². The third kappa shape index (κ3) is 4.44. The average Bonchev–Trinajstić information content (AvgIpc) is 2.38. The van der Waals surface area contributed by atoms with Crippen molar-refractivity contribution in [2.24, 2.45) is 0 Å². The lowest BCUT2D eigenvalue weighted by molar-refractivity contribution is -0.201. The van der Waals surface area contributed by atoms with Crippen LogP contribution in [0.3, 0.4) is 0 Å². The number of alkyl halides is 1. The van der Waals surface area contributed by atoms with Gasteiger partial charge in [-0.1, -0.05) is 15.9 Å². The van der Waals surface area contributed by atoms with Gasteiger partial charge in [0, 0.05) is 10.9 Å². The van der Waals surface area contributed by atoms with Gasteiger partial charge in [-0.05, 0) is 31.2 Å².